The number of benzene rings is 1. The average Bonchev–Trinajstić information content (AvgIpc) is 2.50. The van der Waals surface area contributed by atoms with E-state index in [1.165, 1.54) is 10.6 Å². The third-order valence-corrected chi connectivity index (χ3v) is 5.56. The van der Waals surface area contributed by atoms with Gasteiger partial charge in [-0.25, -0.2) is 8.42 Å². The molecule has 22 heavy (non-hydrogen) atoms. The molecule has 0 bridgehead atoms. The second kappa shape index (κ2) is 6.28. The summed E-state index contributed by atoms with van der Waals surface area (Å²) in [6.07, 6.45) is 3.70. The van der Waals surface area contributed by atoms with E-state index in [9.17, 15) is 13.2 Å². The SMILES string of the molecule is CCC(C)N(C)C(=O)c1ccc2c(c1)CCCN2S(C)(=O)=O. The van der Waals surface area contributed by atoms with E-state index in [1.807, 2.05) is 19.9 Å². The highest BCUT2D eigenvalue weighted by Gasteiger charge is 2.25. The number of hydrogen-bond acceptors (Lipinski definition) is 3. The lowest BCUT2D eigenvalue weighted by molar-refractivity contribution is 0.0740. The third kappa shape index (κ3) is 3.27. The van der Waals surface area contributed by atoms with Gasteiger partial charge in [-0.15, -0.1) is 0 Å². The Morgan fingerprint density at radius 3 is 2.68 bits per heavy atom. The van der Waals surface area contributed by atoms with Crippen molar-refractivity contribution in [2.24, 2.45) is 0 Å². The van der Waals surface area contributed by atoms with Crippen molar-refractivity contribution >= 4 is 21.6 Å². The first kappa shape index (κ1) is 16.8. The summed E-state index contributed by atoms with van der Waals surface area (Å²) in [5.74, 6) is -0.0198. The Bertz CT molecular complexity index is 670. The van der Waals surface area contributed by atoms with E-state index in [2.05, 4.69) is 0 Å². The molecule has 0 spiro atoms. The van der Waals surface area contributed by atoms with Crippen LogP contribution in [0.2, 0.25) is 0 Å². The van der Waals surface area contributed by atoms with Crippen molar-refractivity contribution in [3.63, 3.8) is 0 Å². The molecule has 0 aliphatic carbocycles. The standard InChI is InChI=1S/C16H24N2O3S/c1-5-12(2)17(3)16(19)14-8-9-15-13(11-14)7-6-10-18(15)22(4,20)21/h8-9,11-12H,5-7,10H2,1-4H3. The number of rotatable bonds is 4. The molecule has 1 aliphatic heterocycles. The Labute approximate surface area is 133 Å². The van der Waals surface area contributed by atoms with Crippen LogP contribution < -0.4 is 4.31 Å². The normalized spacial score (nSPS) is 16.1. The van der Waals surface area contributed by atoms with Crippen molar-refractivity contribution in [3.05, 3.63) is 29.3 Å². The molecule has 0 aromatic heterocycles. The van der Waals surface area contributed by atoms with Crippen molar-refractivity contribution in [1.82, 2.24) is 4.90 Å². The fourth-order valence-electron chi connectivity index (χ4n) is 2.72. The first-order chi connectivity index (χ1) is 10.3. The Kier molecular flexibility index (Phi) is 4.80. The molecule has 1 aromatic rings. The van der Waals surface area contributed by atoms with Crippen LogP contribution in [0, 0.1) is 0 Å². The van der Waals surface area contributed by atoms with Crippen LogP contribution in [0.1, 0.15) is 42.6 Å². The monoisotopic (exact) mass is 324 g/mol. The molecule has 5 nitrogen and oxygen atoms in total. The number of hydrogen-bond donors (Lipinski definition) is 0. The van der Waals surface area contributed by atoms with Crippen LogP contribution >= 0.6 is 0 Å². The van der Waals surface area contributed by atoms with Crippen LogP contribution in [0.5, 0.6) is 0 Å². The number of carbonyl (C=O) groups excluding carboxylic acids is 1. The number of amides is 1. The Hall–Kier alpha value is -1.56. The maximum Gasteiger partial charge on any atom is 0.253 e. The van der Waals surface area contributed by atoms with Gasteiger partial charge in [0.25, 0.3) is 5.91 Å². The predicted octanol–water partition coefficient (Wildman–Crippen LogP) is 2.27. The number of nitrogens with zero attached hydrogens (tertiary/aromatic N) is 2. The lowest BCUT2D eigenvalue weighted by Crippen LogP contribution is -2.36. The van der Waals surface area contributed by atoms with Crippen molar-refractivity contribution in [1.29, 1.82) is 0 Å². The summed E-state index contributed by atoms with van der Waals surface area (Å²) in [6.45, 7) is 4.57. The summed E-state index contributed by atoms with van der Waals surface area (Å²) in [7, 11) is -1.46. The maximum absolute atomic E-state index is 12.5. The molecule has 0 N–H and O–H groups in total. The van der Waals surface area contributed by atoms with Crippen molar-refractivity contribution in [2.75, 3.05) is 24.2 Å². The van der Waals surface area contributed by atoms with Crippen molar-refractivity contribution in [3.8, 4) is 0 Å². The Morgan fingerprint density at radius 1 is 1.41 bits per heavy atom. The number of anilines is 1. The first-order valence-corrected chi connectivity index (χ1v) is 9.48. The fourth-order valence-corrected chi connectivity index (χ4v) is 3.71. The highest BCUT2D eigenvalue weighted by Crippen LogP contribution is 2.30. The van der Waals surface area contributed by atoms with Crippen LogP contribution in [-0.2, 0) is 16.4 Å². The number of fused-ring (bicyclic) bond motifs is 1. The topological polar surface area (TPSA) is 57.7 Å². The van der Waals surface area contributed by atoms with E-state index >= 15 is 0 Å². The minimum absolute atomic E-state index is 0.0198. The summed E-state index contributed by atoms with van der Waals surface area (Å²) in [4.78, 5) is 14.2. The third-order valence-electron chi connectivity index (χ3n) is 4.38. The predicted molar refractivity (Wildman–Crippen MR) is 88.8 cm³/mol. The van der Waals surface area contributed by atoms with Gasteiger partial charge in [0.05, 0.1) is 11.9 Å². The van der Waals surface area contributed by atoms with Crippen LogP contribution in [0.15, 0.2) is 18.2 Å². The Balaban J connectivity index is 2.34. The maximum atomic E-state index is 12.5. The van der Waals surface area contributed by atoms with Gasteiger partial charge in [-0.1, -0.05) is 6.92 Å². The van der Waals surface area contributed by atoms with E-state index in [0.717, 1.165) is 24.8 Å². The van der Waals surface area contributed by atoms with E-state index in [1.54, 1.807) is 24.1 Å². The molecule has 1 atom stereocenters. The largest absolute Gasteiger partial charge is 0.339 e. The van der Waals surface area contributed by atoms with Crippen LogP contribution in [0.25, 0.3) is 0 Å². The highest BCUT2D eigenvalue weighted by atomic mass is 32.2. The molecule has 0 saturated heterocycles. The molecular formula is C16H24N2O3S. The van der Waals surface area contributed by atoms with E-state index in [-0.39, 0.29) is 11.9 Å². The van der Waals surface area contributed by atoms with Gasteiger partial charge >= 0.3 is 0 Å². The number of aryl methyl sites for hydroxylation is 1. The zero-order valence-electron chi connectivity index (χ0n) is 13.7. The quantitative estimate of drug-likeness (QED) is 0.854. The lowest BCUT2D eigenvalue weighted by atomic mass is 10.00. The van der Waals surface area contributed by atoms with Gasteiger partial charge in [-0.3, -0.25) is 9.10 Å². The summed E-state index contributed by atoms with van der Waals surface area (Å²) >= 11 is 0. The van der Waals surface area contributed by atoms with Crippen molar-refractivity contribution < 1.29 is 13.2 Å². The molecule has 122 valence electrons. The van der Waals surface area contributed by atoms with Gasteiger partial charge in [0.15, 0.2) is 0 Å². The van der Waals surface area contributed by atoms with E-state index in [4.69, 9.17) is 0 Å². The zero-order chi connectivity index (χ0) is 16.5. The molecule has 1 aromatic carbocycles. The molecule has 1 aliphatic rings. The molecule has 1 unspecified atom stereocenters. The fraction of sp³-hybridized carbons (Fsp3) is 0.562. The second-order valence-electron chi connectivity index (χ2n) is 5.96. The molecular weight excluding hydrogens is 300 g/mol. The average molecular weight is 324 g/mol. The van der Waals surface area contributed by atoms with Crippen LogP contribution in [0.3, 0.4) is 0 Å². The van der Waals surface area contributed by atoms with E-state index < -0.39 is 10.0 Å². The second-order valence-corrected chi connectivity index (χ2v) is 7.86. The van der Waals surface area contributed by atoms with Gasteiger partial charge in [0.1, 0.15) is 0 Å². The van der Waals surface area contributed by atoms with Crippen LogP contribution in [0.4, 0.5) is 5.69 Å². The van der Waals surface area contributed by atoms with E-state index in [0.29, 0.717) is 17.8 Å². The van der Waals surface area contributed by atoms with Gasteiger partial charge in [0.2, 0.25) is 10.0 Å². The molecule has 2 rings (SSSR count). The number of carbonyl (C=O) groups is 1. The first-order valence-electron chi connectivity index (χ1n) is 7.63. The summed E-state index contributed by atoms with van der Waals surface area (Å²) < 4.78 is 25.1. The van der Waals surface area contributed by atoms with Gasteiger partial charge in [-0.2, -0.15) is 0 Å². The molecule has 1 heterocycles. The number of sulfonamides is 1. The van der Waals surface area contributed by atoms with Gasteiger partial charge in [-0.05, 0) is 49.9 Å². The summed E-state index contributed by atoms with van der Waals surface area (Å²) in [5.41, 5.74) is 2.26. The smallest absolute Gasteiger partial charge is 0.253 e. The molecule has 0 fully saturated rings. The minimum atomic E-state index is -3.27. The molecule has 1 amide bonds. The summed E-state index contributed by atoms with van der Waals surface area (Å²) in [5, 5.41) is 0. The Morgan fingerprint density at radius 2 is 2.09 bits per heavy atom. The van der Waals surface area contributed by atoms with Gasteiger partial charge < -0.3 is 4.90 Å². The van der Waals surface area contributed by atoms with Crippen LogP contribution in [-0.4, -0.2) is 45.1 Å². The minimum Gasteiger partial charge on any atom is -0.339 e. The van der Waals surface area contributed by atoms with Crippen molar-refractivity contribution in [2.45, 2.75) is 39.2 Å². The lowest BCUT2D eigenvalue weighted by Gasteiger charge is -2.30. The summed E-state index contributed by atoms with van der Waals surface area (Å²) in [6, 6.07) is 5.50. The zero-order valence-corrected chi connectivity index (χ0v) is 14.5. The molecule has 0 saturated carbocycles. The highest BCUT2D eigenvalue weighted by molar-refractivity contribution is 7.92. The molecule has 0 radical (unpaired) electrons. The van der Waals surface area contributed by atoms with Gasteiger partial charge in [0, 0.05) is 25.2 Å². The molecule has 6 heteroatoms.